The van der Waals surface area contributed by atoms with Crippen LogP contribution in [0, 0.1) is 6.92 Å². The molecule has 0 bridgehead atoms. The number of carbonyl (C=O) groups is 2. The van der Waals surface area contributed by atoms with Crippen LogP contribution in [-0.2, 0) is 9.59 Å². The van der Waals surface area contributed by atoms with E-state index in [1.54, 1.807) is 30.1 Å². The fourth-order valence-corrected chi connectivity index (χ4v) is 1.97. The van der Waals surface area contributed by atoms with Crippen LogP contribution in [0.2, 0.25) is 5.02 Å². The van der Waals surface area contributed by atoms with Crippen LogP contribution >= 0.6 is 11.6 Å². The van der Waals surface area contributed by atoms with Crippen molar-refractivity contribution in [2.75, 3.05) is 32.0 Å². The first-order valence-electron chi connectivity index (χ1n) is 6.94. The third-order valence-electron chi connectivity index (χ3n) is 2.94. The Kier molecular flexibility index (Phi) is 7.19. The number of hydrogen-bond acceptors (Lipinski definition) is 3. The first-order valence-corrected chi connectivity index (χ1v) is 7.32. The molecule has 0 atom stereocenters. The van der Waals surface area contributed by atoms with E-state index < -0.39 is 0 Å². The second-order valence-corrected chi connectivity index (χ2v) is 5.39. The molecule has 0 saturated carbocycles. The van der Waals surface area contributed by atoms with Gasteiger partial charge in [-0.2, -0.15) is 0 Å². The molecule has 0 spiro atoms. The summed E-state index contributed by atoms with van der Waals surface area (Å²) in [4.78, 5) is 25.2. The summed E-state index contributed by atoms with van der Waals surface area (Å²) in [6.07, 6.45) is 0.893. The van der Waals surface area contributed by atoms with Crippen molar-refractivity contribution in [2.24, 2.45) is 0 Å². The summed E-state index contributed by atoms with van der Waals surface area (Å²) in [6, 6.07) is 5.36. The zero-order chi connectivity index (χ0) is 15.8. The summed E-state index contributed by atoms with van der Waals surface area (Å²) in [6.45, 7) is 4.83. The van der Waals surface area contributed by atoms with Gasteiger partial charge in [0.25, 0.3) is 0 Å². The van der Waals surface area contributed by atoms with Gasteiger partial charge in [0.1, 0.15) is 0 Å². The number of hydrogen-bond donors (Lipinski definition) is 2. The highest BCUT2D eigenvalue weighted by molar-refractivity contribution is 6.31. The van der Waals surface area contributed by atoms with E-state index in [0.29, 0.717) is 17.3 Å². The predicted molar refractivity (Wildman–Crippen MR) is 85.6 cm³/mol. The molecule has 0 unspecified atom stereocenters. The Hall–Kier alpha value is -1.59. The summed E-state index contributed by atoms with van der Waals surface area (Å²) in [5.41, 5.74) is 1.52. The number of nitrogens with zero attached hydrogens (tertiary/aromatic N) is 1. The molecule has 5 nitrogen and oxygen atoms in total. The van der Waals surface area contributed by atoms with Gasteiger partial charge < -0.3 is 10.6 Å². The lowest BCUT2D eigenvalue weighted by molar-refractivity contribution is -0.122. The van der Waals surface area contributed by atoms with Crippen LogP contribution in [0.5, 0.6) is 0 Å². The highest BCUT2D eigenvalue weighted by atomic mass is 35.5. The molecule has 1 aromatic carbocycles. The Morgan fingerprint density at radius 2 is 1.90 bits per heavy atom. The first kappa shape index (κ1) is 17.5. The minimum absolute atomic E-state index is 0.0777. The van der Waals surface area contributed by atoms with Gasteiger partial charge in [-0.15, -0.1) is 0 Å². The minimum Gasteiger partial charge on any atom is -0.355 e. The number of anilines is 1. The Morgan fingerprint density at radius 1 is 1.24 bits per heavy atom. The highest BCUT2D eigenvalue weighted by Crippen LogP contribution is 2.22. The van der Waals surface area contributed by atoms with E-state index in [1.165, 1.54) is 0 Å². The minimum atomic E-state index is -0.175. The molecule has 2 N–H and O–H groups in total. The molecule has 0 aliphatic heterocycles. The van der Waals surface area contributed by atoms with E-state index in [2.05, 4.69) is 10.6 Å². The molecule has 0 heterocycles. The molecule has 0 saturated heterocycles. The van der Waals surface area contributed by atoms with Gasteiger partial charge in [0.05, 0.1) is 13.1 Å². The van der Waals surface area contributed by atoms with Crippen LogP contribution in [0.15, 0.2) is 18.2 Å². The summed E-state index contributed by atoms with van der Waals surface area (Å²) < 4.78 is 0. The topological polar surface area (TPSA) is 61.4 Å². The van der Waals surface area contributed by atoms with E-state index >= 15 is 0 Å². The van der Waals surface area contributed by atoms with Gasteiger partial charge in [-0.25, -0.2) is 0 Å². The predicted octanol–water partition coefficient (Wildman–Crippen LogP) is 2.04. The molecule has 0 radical (unpaired) electrons. The summed E-state index contributed by atoms with van der Waals surface area (Å²) in [7, 11) is 1.73. The summed E-state index contributed by atoms with van der Waals surface area (Å²) in [5.74, 6) is -0.253. The summed E-state index contributed by atoms with van der Waals surface area (Å²) >= 11 is 6.01. The molecule has 21 heavy (non-hydrogen) atoms. The molecule has 2 amide bonds. The van der Waals surface area contributed by atoms with Gasteiger partial charge >= 0.3 is 0 Å². The molecule has 1 aromatic rings. The van der Waals surface area contributed by atoms with Crippen molar-refractivity contribution in [3.63, 3.8) is 0 Å². The third-order valence-corrected chi connectivity index (χ3v) is 3.35. The van der Waals surface area contributed by atoms with Crippen LogP contribution in [0.1, 0.15) is 18.9 Å². The average molecular weight is 312 g/mol. The van der Waals surface area contributed by atoms with Gasteiger partial charge in [-0.1, -0.05) is 24.6 Å². The van der Waals surface area contributed by atoms with Crippen molar-refractivity contribution in [2.45, 2.75) is 20.3 Å². The van der Waals surface area contributed by atoms with Crippen LogP contribution in [0.4, 0.5) is 5.69 Å². The lowest BCUT2D eigenvalue weighted by Gasteiger charge is -2.16. The van der Waals surface area contributed by atoms with Crippen LogP contribution in [-0.4, -0.2) is 43.4 Å². The fraction of sp³-hybridized carbons (Fsp3) is 0.467. The van der Waals surface area contributed by atoms with Crippen molar-refractivity contribution in [3.05, 3.63) is 28.8 Å². The number of nitrogens with one attached hydrogen (secondary N) is 2. The number of amides is 2. The third kappa shape index (κ3) is 6.14. The molecule has 116 valence electrons. The molecule has 1 rings (SSSR count). The van der Waals surface area contributed by atoms with Crippen LogP contribution < -0.4 is 10.6 Å². The zero-order valence-corrected chi connectivity index (χ0v) is 13.5. The zero-order valence-electron chi connectivity index (χ0n) is 12.7. The average Bonchev–Trinajstić information content (AvgIpc) is 2.41. The Morgan fingerprint density at radius 3 is 2.57 bits per heavy atom. The molecule has 0 aliphatic carbocycles. The normalized spacial score (nSPS) is 10.5. The van der Waals surface area contributed by atoms with Gasteiger partial charge in [-0.3, -0.25) is 14.5 Å². The largest absolute Gasteiger partial charge is 0.355 e. The number of likely N-dealkylation sites (N-methyl/N-ethyl adjacent to an activating group) is 1. The van der Waals surface area contributed by atoms with Crippen molar-refractivity contribution >= 4 is 29.1 Å². The number of halogens is 1. The van der Waals surface area contributed by atoms with Gasteiger partial charge in [-0.05, 0) is 38.1 Å². The van der Waals surface area contributed by atoms with E-state index in [9.17, 15) is 9.59 Å². The summed E-state index contributed by atoms with van der Waals surface area (Å²) in [5, 5.41) is 6.19. The number of rotatable bonds is 7. The highest BCUT2D eigenvalue weighted by Gasteiger charge is 2.11. The number of carbonyl (C=O) groups excluding carboxylic acids is 2. The Balaban J connectivity index is 2.46. The lowest BCUT2D eigenvalue weighted by atomic mass is 10.2. The van der Waals surface area contributed by atoms with Gasteiger partial charge in [0.2, 0.25) is 11.8 Å². The number of benzene rings is 1. The second-order valence-electron chi connectivity index (χ2n) is 4.98. The van der Waals surface area contributed by atoms with E-state index in [-0.39, 0.29) is 24.9 Å². The Labute approximate surface area is 130 Å². The maximum Gasteiger partial charge on any atom is 0.238 e. The molecule has 6 heteroatoms. The van der Waals surface area contributed by atoms with Crippen molar-refractivity contribution in [1.82, 2.24) is 10.2 Å². The standard InChI is InChI=1S/C15H22ClN3O2/c1-4-8-17-14(20)9-19(3)10-15(21)18-13-7-5-6-12(16)11(13)2/h5-7H,4,8-10H2,1-3H3,(H,17,20)(H,18,21). The lowest BCUT2D eigenvalue weighted by Crippen LogP contribution is -2.39. The molecule has 0 fully saturated rings. The van der Waals surface area contributed by atoms with Gasteiger partial charge in [0.15, 0.2) is 0 Å². The maximum absolute atomic E-state index is 12.0. The smallest absolute Gasteiger partial charge is 0.238 e. The van der Waals surface area contributed by atoms with Gasteiger partial charge in [0, 0.05) is 17.3 Å². The van der Waals surface area contributed by atoms with Crippen molar-refractivity contribution in [1.29, 1.82) is 0 Å². The van der Waals surface area contributed by atoms with Crippen molar-refractivity contribution < 1.29 is 9.59 Å². The Bertz CT molecular complexity index is 506. The van der Waals surface area contributed by atoms with E-state index in [4.69, 9.17) is 11.6 Å². The molecular formula is C15H22ClN3O2. The first-order chi connectivity index (χ1) is 9.93. The van der Waals surface area contributed by atoms with E-state index in [0.717, 1.165) is 12.0 Å². The van der Waals surface area contributed by atoms with Crippen molar-refractivity contribution in [3.8, 4) is 0 Å². The SMILES string of the molecule is CCCNC(=O)CN(C)CC(=O)Nc1cccc(Cl)c1C. The van der Waals surface area contributed by atoms with E-state index in [1.807, 2.05) is 13.8 Å². The quantitative estimate of drug-likeness (QED) is 0.810. The molecule has 0 aliphatic rings. The fourth-order valence-electron chi connectivity index (χ4n) is 1.80. The second kappa shape index (κ2) is 8.64. The van der Waals surface area contributed by atoms with Crippen LogP contribution in [0.3, 0.4) is 0 Å². The van der Waals surface area contributed by atoms with Crippen LogP contribution in [0.25, 0.3) is 0 Å². The molecular weight excluding hydrogens is 290 g/mol. The maximum atomic E-state index is 12.0. The molecule has 0 aromatic heterocycles. The monoisotopic (exact) mass is 311 g/mol.